The quantitative estimate of drug-likeness (QED) is 0.460. The first kappa shape index (κ1) is 27.5. The van der Waals surface area contributed by atoms with Crippen molar-refractivity contribution in [1.82, 2.24) is 25.6 Å². The van der Waals surface area contributed by atoms with Crippen LogP contribution < -0.4 is 15.5 Å². The summed E-state index contributed by atoms with van der Waals surface area (Å²) < 4.78 is 24.3. The van der Waals surface area contributed by atoms with Crippen LogP contribution in [-0.2, 0) is 21.2 Å². The highest BCUT2D eigenvalue weighted by Crippen LogP contribution is 2.33. The molecule has 208 valence electrons. The van der Waals surface area contributed by atoms with Gasteiger partial charge in [0.1, 0.15) is 5.82 Å². The predicted octanol–water partition coefficient (Wildman–Crippen LogP) is 3.35. The fourth-order valence-electron chi connectivity index (χ4n) is 5.78. The maximum atomic E-state index is 12.9. The molecule has 0 spiro atoms. The number of hydrogen-bond acceptors (Lipinski definition) is 8. The second kappa shape index (κ2) is 11.6. The van der Waals surface area contributed by atoms with Crippen molar-refractivity contribution in [2.75, 3.05) is 30.8 Å². The van der Waals surface area contributed by atoms with Crippen molar-refractivity contribution in [3.8, 4) is 11.4 Å². The minimum Gasteiger partial charge on any atom is -0.354 e. The predicted molar refractivity (Wildman–Crippen MR) is 154 cm³/mol. The molecular formula is C29H38N6O3S. The van der Waals surface area contributed by atoms with Gasteiger partial charge in [-0.15, -0.1) is 0 Å². The van der Waals surface area contributed by atoms with Crippen LogP contribution in [0.5, 0.6) is 0 Å². The number of aromatic nitrogens is 3. The fourth-order valence-corrected chi connectivity index (χ4v) is 7.35. The lowest BCUT2D eigenvalue weighted by molar-refractivity contribution is -0.126. The zero-order chi connectivity index (χ0) is 27.6. The van der Waals surface area contributed by atoms with E-state index < -0.39 is 15.1 Å². The molecule has 1 aliphatic carbocycles. The van der Waals surface area contributed by atoms with Gasteiger partial charge >= 0.3 is 0 Å². The third kappa shape index (κ3) is 6.38. The Morgan fingerprint density at radius 3 is 2.77 bits per heavy atom. The molecule has 4 atom stereocenters. The molecule has 3 unspecified atom stereocenters. The van der Waals surface area contributed by atoms with Crippen LogP contribution in [0.15, 0.2) is 42.6 Å². The van der Waals surface area contributed by atoms with Gasteiger partial charge in [0.25, 0.3) is 0 Å². The molecule has 10 heteroatoms. The number of amides is 1. The number of carbonyl (C=O) groups is 1. The second-order valence-electron chi connectivity index (χ2n) is 11.0. The zero-order valence-electron chi connectivity index (χ0n) is 22.9. The molecule has 0 aromatic carbocycles. The Morgan fingerprint density at radius 1 is 1.15 bits per heavy atom. The number of sulfone groups is 1. The third-order valence-corrected chi connectivity index (χ3v) is 9.94. The summed E-state index contributed by atoms with van der Waals surface area (Å²) in [4.78, 5) is 29.5. The minimum absolute atomic E-state index is 0.0757. The van der Waals surface area contributed by atoms with E-state index in [9.17, 15) is 13.2 Å². The molecule has 3 aromatic heterocycles. The normalized spacial score (nSPS) is 24.0. The van der Waals surface area contributed by atoms with E-state index in [0.717, 1.165) is 60.6 Å². The Labute approximate surface area is 230 Å². The summed E-state index contributed by atoms with van der Waals surface area (Å²) in [5.74, 6) is 0.626. The van der Waals surface area contributed by atoms with E-state index in [2.05, 4.69) is 33.5 Å². The van der Waals surface area contributed by atoms with Crippen molar-refractivity contribution < 1.29 is 13.2 Å². The molecule has 0 bridgehead atoms. The first-order chi connectivity index (χ1) is 18.7. The summed E-state index contributed by atoms with van der Waals surface area (Å²) in [6.07, 6.45) is 5.94. The average Bonchev–Trinajstić information content (AvgIpc) is 2.95. The topological polar surface area (TPSA) is 117 Å². The smallest absolute Gasteiger partial charge is 0.223 e. The first-order valence-electron chi connectivity index (χ1n) is 13.9. The third-order valence-electron chi connectivity index (χ3n) is 8.19. The molecule has 1 saturated heterocycles. The summed E-state index contributed by atoms with van der Waals surface area (Å²) in [5.41, 5.74) is 3.10. The number of hydrogen-bond donors (Lipinski definition) is 2. The average molecular weight is 551 g/mol. The number of piperazine rings is 1. The lowest BCUT2D eigenvalue weighted by Gasteiger charge is -2.34. The van der Waals surface area contributed by atoms with Gasteiger partial charge in [-0.2, -0.15) is 0 Å². The van der Waals surface area contributed by atoms with Gasteiger partial charge in [-0.05, 0) is 61.9 Å². The molecule has 2 fully saturated rings. The molecular weight excluding hydrogens is 512 g/mol. The van der Waals surface area contributed by atoms with E-state index in [1.165, 1.54) is 6.26 Å². The van der Waals surface area contributed by atoms with Gasteiger partial charge in [-0.3, -0.25) is 9.78 Å². The molecule has 4 heterocycles. The number of rotatable bonds is 7. The molecule has 1 saturated carbocycles. The van der Waals surface area contributed by atoms with Gasteiger partial charge in [0.05, 0.1) is 34.4 Å². The van der Waals surface area contributed by atoms with Crippen LogP contribution >= 0.6 is 0 Å². The lowest BCUT2D eigenvalue weighted by Crippen LogP contribution is -2.50. The van der Waals surface area contributed by atoms with Crippen molar-refractivity contribution in [2.24, 2.45) is 11.8 Å². The first-order valence-corrected chi connectivity index (χ1v) is 15.8. The summed E-state index contributed by atoms with van der Waals surface area (Å²) >= 11 is 0. The van der Waals surface area contributed by atoms with Crippen LogP contribution in [0.3, 0.4) is 0 Å². The van der Waals surface area contributed by atoms with Gasteiger partial charge in [0.2, 0.25) is 5.91 Å². The lowest BCUT2D eigenvalue weighted by atomic mass is 9.82. The minimum atomic E-state index is -3.18. The van der Waals surface area contributed by atoms with Crippen molar-refractivity contribution in [1.29, 1.82) is 0 Å². The van der Waals surface area contributed by atoms with E-state index in [-0.39, 0.29) is 24.3 Å². The van der Waals surface area contributed by atoms with Gasteiger partial charge < -0.3 is 15.5 Å². The SMILES string of the molecule is CC[C@@H]1CN(c2cccc(-c3ccc4cnc(CNC(=O)C5CCC(C)C(S(C)(=O)=O)C5)cc4n3)n2)CCN1. The van der Waals surface area contributed by atoms with Crippen LogP contribution in [0.1, 0.15) is 45.2 Å². The second-order valence-corrected chi connectivity index (χ2v) is 13.3. The van der Waals surface area contributed by atoms with E-state index in [4.69, 9.17) is 9.97 Å². The van der Waals surface area contributed by atoms with E-state index in [1.54, 1.807) is 6.20 Å². The fraction of sp³-hybridized carbons (Fsp3) is 0.517. The van der Waals surface area contributed by atoms with Crippen molar-refractivity contribution >= 4 is 32.5 Å². The Kier molecular flexibility index (Phi) is 8.13. The molecule has 2 N–H and O–H groups in total. The van der Waals surface area contributed by atoms with E-state index in [1.807, 2.05) is 37.3 Å². The Bertz CT molecular complexity index is 1450. The molecule has 39 heavy (non-hydrogen) atoms. The number of nitrogens with one attached hydrogen (secondary N) is 2. The van der Waals surface area contributed by atoms with Gasteiger partial charge in [-0.1, -0.05) is 19.9 Å². The molecule has 0 radical (unpaired) electrons. The standard InChI is InChI=1S/C29H38N6O3S/c1-4-22-18-35(13-12-30-22)28-7-5-6-24(34-28)25-11-10-21-16-31-23(15-26(21)33-25)17-32-29(36)20-9-8-19(2)27(14-20)39(3,37)38/h5-7,10-11,15-16,19-20,22,27,30H,4,8-9,12-14,17-18H2,1-3H3,(H,32,36)/t19?,20?,22-,27?/m1/s1. The molecule has 5 rings (SSSR count). The molecule has 3 aromatic rings. The Hall–Kier alpha value is -3.11. The van der Waals surface area contributed by atoms with Gasteiger partial charge in [-0.25, -0.2) is 18.4 Å². The number of anilines is 1. The van der Waals surface area contributed by atoms with Crippen LogP contribution in [0, 0.1) is 11.8 Å². The van der Waals surface area contributed by atoms with Gasteiger partial charge in [0.15, 0.2) is 9.84 Å². The summed E-state index contributed by atoms with van der Waals surface area (Å²) in [5, 5.41) is 6.97. The molecule has 1 aliphatic heterocycles. The maximum Gasteiger partial charge on any atom is 0.223 e. The molecule has 9 nitrogen and oxygen atoms in total. The van der Waals surface area contributed by atoms with Crippen molar-refractivity contribution in [3.05, 3.63) is 48.3 Å². The molecule has 1 amide bonds. The monoisotopic (exact) mass is 550 g/mol. The zero-order valence-corrected chi connectivity index (χ0v) is 23.7. The maximum absolute atomic E-state index is 12.9. The number of fused-ring (bicyclic) bond motifs is 1. The largest absolute Gasteiger partial charge is 0.354 e. The van der Waals surface area contributed by atoms with E-state index in [0.29, 0.717) is 24.6 Å². The highest BCUT2D eigenvalue weighted by atomic mass is 32.2. The highest BCUT2D eigenvalue weighted by Gasteiger charge is 2.37. The van der Waals surface area contributed by atoms with Crippen molar-refractivity contribution in [3.63, 3.8) is 0 Å². The Morgan fingerprint density at radius 2 is 1.97 bits per heavy atom. The molecule has 2 aliphatic rings. The van der Waals surface area contributed by atoms with E-state index >= 15 is 0 Å². The number of pyridine rings is 3. The summed E-state index contributed by atoms with van der Waals surface area (Å²) in [7, 11) is -3.18. The van der Waals surface area contributed by atoms with Crippen LogP contribution in [0.25, 0.3) is 22.3 Å². The Balaban J connectivity index is 1.28. The van der Waals surface area contributed by atoms with Crippen molar-refractivity contribution in [2.45, 2.75) is 57.4 Å². The van der Waals surface area contributed by atoms with Crippen LogP contribution in [0.4, 0.5) is 5.82 Å². The number of carbonyl (C=O) groups excluding carboxylic acids is 1. The number of nitrogens with zero attached hydrogens (tertiary/aromatic N) is 4. The van der Waals surface area contributed by atoms with Crippen LogP contribution in [-0.4, -0.2) is 66.5 Å². The highest BCUT2D eigenvalue weighted by molar-refractivity contribution is 7.91. The summed E-state index contributed by atoms with van der Waals surface area (Å²) in [6, 6.07) is 12.4. The van der Waals surface area contributed by atoms with Crippen LogP contribution in [0.2, 0.25) is 0 Å². The summed E-state index contributed by atoms with van der Waals surface area (Å²) in [6.45, 7) is 7.23. The van der Waals surface area contributed by atoms with Gasteiger partial charge in [0, 0.05) is 49.4 Å².